The number of halogens is 1. The van der Waals surface area contributed by atoms with Gasteiger partial charge in [-0.25, -0.2) is 13.9 Å². The van der Waals surface area contributed by atoms with Gasteiger partial charge in [0.25, 0.3) is 11.7 Å². The molecule has 0 bridgehead atoms. The number of amides is 1. The molecule has 0 N–H and O–H groups in total. The second kappa shape index (κ2) is 6.19. The molecular formula is C17H17FN6O. The van der Waals surface area contributed by atoms with Crippen molar-refractivity contribution in [3.63, 3.8) is 0 Å². The average Bonchev–Trinajstić information content (AvgIpc) is 3.08. The molecule has 3 aromatic heterocycles. The Bertz CT molecular complexity index is 940. The highest BCUT2D eigenvalue weighted by Crippen LogP contribution is 2.28. The number of hydrogen-bond donors (Lipinski definition) is 0. The van der Waals surface area contributed by atoms with E-state index >= 15 is 0 Å². The van der Waals surface area contributed by atoms with Gasteiger partial charge in [0, 0.05) is 30.9 Å². The van der Waals surface area contributed by atoms with Crippen molar-refractivity contribution < 1.29 is 9.18 Å². The summed E-state index contributed by atoms with van der Waals surface area (Å²) in [5.74, 6) is -0.0105. The number of hydrogen-bond acceptors (Lipinski definition) is 5. The number of nitrogens with zero attached hydrogens (tertiary/aromatic N) is 6. The molecule has 7 nitrogen and oxygen atoms in total. The van der Waals surface area contributed by atoms with Gasteiger partial charge in [0.1, 0.15) is 12.1 Å². The quantitative estimate of drug-likeness (QED) is 0.713. The summed E-state index contributed by atoms with van der Waals surface area (Å²) in [4.78, 5) is 26.7. The number of pyridine rings is 1. The molecule has 1 aliphatic rings. The van der Waals surface area contributed by atoms with Gasteiger partial charge in [0.15, 0.2) is 0 Å². The molecule has 1 aliphatic heterocycles. The normalized spacial score (nSPS) is 17.8. The van der Waals surface area contributed by atoms with E-state index in [0.29, 0.717) is 18.9 Å². The molecule has 4 heterocycles. The molecule has 0 aromatic carbocycles. The van der Waals surface area contributed by atoms with Crippen LogP contribution in [0.25, 0.3) is 5.78 Å². The average molecular weight is 340 g/mol. The van der Waals surface area contributed by atoms with E-state index in [1.54, 1.807) is 9.42 Å². The number of piperidine rings is 1. The van der Waals surface area contributed by atoms with Crippen LogP contribution in [0.3, 0.4) is 0 Å². The molecule has 0 spiro atoms. The summed E-state index contributed by atoms with van der Waals surface area (Å²) in [7, 11) is 0. The van der Waals surface area contributed by atoms with E-state index in [0.717, 1.165) is 30.4 Å². The smallest absolute Gasteiger partial charge is 0.255 e. The SMILES string of the molecule is Cc1cc(C2CCCN(C(=O)c3cncc(F)c3)C2)n2ncnc2n1. The fourth-order valence-corrected chi connectivity index (χ4v) is 3.36. The van der Waals surface area contributed by atoms with Gasteiger partial charge < -0.3 is 4.90 Å². The monoisotopic (exact) mass is 340 g/mol. The minimum Gasteiger partial charge on any atom is -0.338 e. The third kappa shape index (κ3) is 2.95. The van der Waals surface area contributed by atoms with Gasteiger partial charge in [0.2, 0.25) is 0 Å². The molecule has 1 amide bonds. The topological polar surface area (TPSA) is 76.3 Å². The first-order valence-electron chi connectivity index (χ1n) is 8.19. The van der Waals surface area contributed by atoms with Crippen LogP contribution in [-0.4, -0.2) is 48.5 Å². The summed E-state index contributed by atoms with van der Waals surface area (Å²) in [5.41, 5.74) is 2.14. The Morgan fingerprint density at radius 1 is 1.32 bits per heavy atom. The summed E-state index contributed by atoms with van der Waals surface area (Å²) in [6.07, 6.45) is 5.80. The zero-order valence-electron chi connectivity index (χ0n) is 13.8. The molecule has 1 unspecified atom stereocenters. The summed E-state index contributed by atoms with van der Waals surface area (Å²) in [6.45, 7) is 3.12. The minimum atomic E-state index is -0.506. The van der Waals surface area contributed by atoms with Gasteiger partial charge in [-0.1, -0.05) is 0 Å². The summed E-state index contributed by atoms with van der Waals surface area (Å²) in [6, 6.07) is 3.22. The molecule has 128 valence electrons. The molecular weight excluding hydrogens is 323 g/mol. The van der Waals surface area contributed by atoms with E-state index < -0.39 is 5.82 Å². The van der Waals surface area contributed by atoms with Crippen molar-refractivity contribution >= 4 is 11.7 Å². The van der Waals surface area contributed by atoms with Gasteiger partial charge in [-0.3, -0.25) is 9.78 Å². The Kier molecular flexibility index (Phi) is 3.87. The molecule has 8 heteroatoms. The number of likely N-dealkylation sites (tertiary alicyclic amines) is 1. The van der Waals surface area contributed by atoms with Crippen LogP contribution in [0.4, 0.5) is 4.39 Å². The molecule has 3 aromatic rings. The Morgan fingerprint density at radius 2 is 2.20 bits per heavy atom. The Labute approximate surface area is 143 Å². The van der Waals surface area contributed by atoms with E-state index in [-0.39, 0.29) is 17.4 Å². The first kappa shape index (κ1) is 15.6. The highest BCUT2D eigenvalue weighted by atomic mass is 19.1. The van der Waals surface area contributed by atoms with Crippen molar-refractivity contribution in [2.45, 2.75) is 25.7 Å². The predicted molar refractivity (Wildman–Crippen MR) is 87.6 cm³/mol. The lowest BCUT2D eigenvalue weighted by atomic mass is 9.93. The van der Waals surface area contributed by atoms with E-state index in [1.807, 2.05) is 13.0 Å². The molecule has 0 radical (unpaired) electrons. The van der Waals surface area contributed by atoms with E-state index in [2.05, 4.69) is 20.1 Å². The third-order valence-corrected chi connectivity index (χ3v) is 4.49. The van der Waals surface area contributed by atoms with Crippen LogP contribution in [0.2, 0.25) is 0 Å². The summed E-state index contributed by atoms with van der Waals surface area (Å²) < 4.78 is 15.1. The van der Waals surface area contributed by atoms with Gasteiger partial charge in [-0.05, 0) is 31.9 Å². The fraction of sp³-hybridized carbons (Fsp3) is 0.353. The molecule has 0 saturated carbocycles. The van der Waals surface area contributed by atoms with Crippen LogP contribution in [0, 0.1) is 12.7 Å². The maximum Gasteiger partial charge on any atom is 0.255 e. The molecule has 0 aliphatic carbocycles. The lowest BCUT2D eigenvalue weighted by molar-refractivity contribution is 0.0704. The first-order chi connectivity index (χ1) is 12.1. The number of aromatic nitrogens is 5. The van der Waals surface area contributed by atoms with Gasteiger partial charge in [-0.15, -0.1) is 0 Å². The molecule has 25 heavy (non-hydrogen) atoms. The van der Waals surface area contributed by atoms with Crippen molar-refractivity contribution in [1.29, 1.82) is 0 Å². The van der Waals surface area contributed by atoms with Crippen molar-refractivity contribution in [3.05, 3.63) is 53.6 Å². The molecule has 1 saturated heterocycles. The minimum absolute atomic E-state index is 0.130. The van der Waals surface area contributed by atoms with Gasteiger partial charge in [0.05, 0.1) is 17.5 Å². The van der Waals surface area contributed by atoms with E-state index in [1.165, 1.54) is 18.6 Å². The van der Waals surface area contributed by atoms with Crippen LogP contribution < -0.4 is 0 Å². The van der Waals surface area contributed by atoms with Crippen LogP contribution >= 0.6 is 0 Å². The second-order valence-corrected chi connectivity index (χ2v) is 6.28. The standard InChI is InChI=1S/C17H17FN6O/c1-11-5-15(24-17(22-11)20-10-21-24)12-3-2-4-23(9-12)16(25)13-6-14(18)8-19-7-13/h5-8,10,12H,2-4,9H2,1H3. The highest BCUT2D eigenvalue weighted by Gasteiger charge is 2.28. The lowest BCUT2D eigenvalue weighted by Crippen LogP contribution is -2.39. The summed E-state index contributed by atoms with van der Waals surface area (Å²) >= 11 is 0. The Morgan fingerprint density at radius 3 is 3.04 bits per heavy atom. The van der Waals surface area contributed by atoms with Crippen LogP contribution in [-0.2, 0) is 0 Å². The van der Waals surface area contributed by atoms with E-state index in [4.69, 9.17) is 0 Å². The van der Waals surface area contributed by atoms with E-state index in [9.17, 15) is 9.18 Å². The zero-order valence-corrected chi connectivity index (χ0v) is 13.8. The maximum atomic E-state index is 13.4. The highest BCUT2D eigenvalue weighted by molar-refractivity contribution is 5.94. The van der Waals surface area contributed by atoms with Crippen molar-refractivity contribution in [2.75, 3.05) is 13.1 Å². The van der Waals surface area contributed by atoms with Gasteiger partial charge >= 0.3 is 0 Å². The molecule has 1 atom stereocenters. The van der Waals surface area contributed by atoms with Crippen molar-refractivity contribution in [3.8, 4) is 0 Å². The fourth-order valence-electron chi connectivity index (χ4n) is 3.36. The lowest BCUT2D eigenvalue weighted by Gasteiger charge is -2.33. The maximum absolute atomic E-state index is 13.4. The number of rotatable bonds is 2. The third-order valence-electron chi connectivity index (χ3n) is 4.49. The Balaban J connectivity index is 1.62. The number of fused-ring (bicyclic) bond motifs is 1. The van der Waals surface area contributed by atoms with Crippen LogP contribution in [0.1, 0.15) is 40.5 Å². The molecule has 4 rings (SSSR count). The van der Waals surface area contributed by atoms with Crippen LogP contribution in [0.15, 0.2) is 30.9 Å². The zero-order chi connectivity index (χ0) is 17.4. The van der Waals surface area contributed by atoms with Crippen LogP contribution in [0.5, 0.6) is 0 Å². The molecule has 1 fully saturated rings. The second-order valence-electron chi connectivity index (χ2n) is 6.28. The number of carbonyl (C=O) groups is 1. The van der Waals surface area contributed by atoms with Crippen molar-refractivity contribution in [2.24, 2.45) is 0 Å². The first-order valence-corrected chi connectivity index (χ1v) is 8.19. The number of aryl methyl sites for hydroxylation is 1. The number of carbonyl (C=O) groups excluding carboxylic acids is 1. The Hall–Kier alpha value is -2.90. The summed E-state index contributed by atoms with van der Waals surface area (Å²) in [5, 5.41) is 4.25. The largest absolute Gasteiger partial charge is 0.338 e. The predicted octanol–water partition coefficient (Wildman–Crippen LogP) is 1.99. The van der Waals surface area contributed by atoms with Crippen molar-refractivity contribution in [1.82, 2.24) is 29.5 Å². The van der Waals surface area contributed by atoms with Gasteiger partial charge in [-0.2, -0.15) is 10.1 Å².